The van der Waals surface area contributed by atoms with Crippen LogP contribution in [0.4, 0.5) is 13.2 Å². The molecule has 0 fully saturated rings. The molecule has 0 spiro atoms. The number of nitrogens with two attached hydrogens (primary N) is 1. The molecule has 2 aromatic carbocycles. The first kappa shape index (κ1) is 21.1. The molecule has 0 saturated carbocycles. The van der Waals surface area contributed by atoms with Crippen LogP contribution in [0.25, 0.3) is 11.3 Å². The van der Waals surface area contributed by atoms with Gasteiger partial charge in [-0.3, -0.25) is 4.79 Å². The fourth-order valence-electron chi connectivity index (χ4n) is 3.84. The summed E-state index contributed by atoms with van der Waals surface area (Å²) in [5.41, 5.74) is 8.01. The zero-order valence-electron chi connectivity index (χ0n) is 16.9. The summed E-state index contributed by atoms with van der Waals surface area (Å²) in [7, 11) is 0. The number of halogens is 3. The maximum atomic E-state index is 13.5. The second kappa shape index (κ2) is 8.93. The van der Waals surface area contributed by atoms with E-state index in [1.165, 1.54) is 18.2 Å². The van der Waals surface area contributed by atoms with E-state index in [1.54, 1.807) is 17.0 Å². The number of rotatable bonds is 6. The van der Waals surface area contributed by atoms with Crippen LogP contribution in [0.3, 0.4) is 0 Å². The predicted molar refractivity (Wildman–Crippen MR) is 110 cm³/mol. The van der Waals surface area contributed by atoms with Crippen molar-refractivity contribution >= 4 is 5.91 Å². The number of carbonyl (C=O) groups is 1. The van der Waals surface area contributed by atoms with Crippen molar-refractivity contribution in [3.05, 3.63) is 77.5 Å². The number of fused-ring (bicyclic) bond motifs is 1. The van der Waals surface area contributed by atoms with Gasteiger partial charge in [0.25, 0.3) is 0 Å². The van der Waals surface area contributed by atoms with Gasteiger partial charge >= 0.3 is 0 Å². The van der Waals surface area contributed by atoms with Crippen LogP contribution < -0.4 is 5.73 Å². The maximum Gasteiger partial charge on any atom is 0.223 e. The van der Waals surface area contributed by atoms with Crippen LogP contribution in [-0.4, -0.2) is 33.4 Å². The van der Waals surface area contributed by atoms with Crippen LogP contribution >= 0.6 is 0 Å². The van der Waals surface area contributed by atoms with Crippen LogP contribution in [0.5, 0.6) is 0 Å². The molecule has 0 aliphatic carbocycles. The monoisotopic (exact) mass is 428 g/mol. The summed E-state index contributed by atoms with van der Waals surface area (Å²) in [6.45, 7) is 1.81. The van der Waals surface area contributed by atoms with E-state index >= 15 is 0 Å². The first-order chi connectivity index (χ1) is 14.9. The molecule has 162 valence electrons. The zero-order valence-corrected chi connectivity index (χ0v) is 16.9. The lowest BCUT2D eigenvalue weighted by Gasteiger charge is -2.29. The van der Waals surface area contributed by atoms with Gasteiger partial charge in [0.1, 0.15) is 11.6 Å². The molecule has 3 aromatic rings. The quantitative estimate of drug-likeness (QED) is 0.654. The molecule has 5 nitrogen and oxygen atoms in total. The molecule has 0 radical (unpaired) electrons. The predicted octanol–water partition coefficient (Wildman–Crippen LogP) is 3.52. The minimum Gasteiger partial charge on any atom is -0.333 e. The third-order valence-electron chi connectivity index (χ3n) is 5.60. The van der Waals surface area contributed by atoms with Crippen molar-refractivity contribution in [2.75, 3.05) is 13.1 Å². The van der Waals surface area contributed by atoms with Gasteiger partial charge in [0.2, 0.25) is 5.91 Å². The van der Waals surface area contributed by atoms with Crippen molar-refractivity contribution in [1.29, 1.82) is 0 Å². The lowest BCUT2D eigenvalue weighted by Crippen LogP contribution is -2.39. The molecule has 8 heteroatoms. The van der Waals surface area contributed by atoms with Crippen molar-refractivity contribution in [3.8, 4) is 11.3 Å². The highest BCUT2D eigenvalue weighted by molar-refractivity contribution is 5.76. The highest BCUT2D eigenvalue weighted by atomic mass is 19.2. The standard InChI is InChI=1S/C23H23F3N4O/c24-18-4-2-17(3-5-18)21-13-29-7-8-30(14-22(29)28-21)23(31)11-16(12-27)9-15-1-6-19(25)20(26)10-15/h1-6,10,13,16H,7-9,11-12,14,27H2/t16-/m1/s1. The van der Waals surface area contributed by atoms with Crippen molar-refractivity contribution in [2.24, 2.45) is 11.7 Å². The summed E-state index contributed by atoms with van der Waals surface area (Å²) in [6, 6.07) is 9.89. The molecule has 1 aliphatic rings. The third-order valence-corrected chi connectivity index (χ3v) is 5.60. The van der Waals surface area contributed by atoms with Crippen LogP contribution in [-0.2, 0) is 24.3 Å². The summed E-state index contributed by atoms with van der Waals surface area (Å²) in [5, 5.41) is 0. The van der Waals surface area contributed by atoms with Crippen LogP contribution in [0.2, 0.25) is 0 Å². The maximum absolute atomic E-state index is 13.5. The van der Waals surface area contributed by atoms with Gasteiger partial charge in [-0.1, -0.05) is 6.07 Å². The second-order valence-electron chi connectivity index (χ2n) is 7.82. The van der Waals surface area contributed by atoms with Crippen molar-refractivity contribution in [2.45, 2.75) is 25.9 Å². The molecule has 1 atom stereocenters. The van der Waals surface area contributed by atoms with Gasteiger partial charge in [-0.25, -0.2) is 18.2 Å². The number of aromatic nitrogens is 2. The SMILES string of the molecule is NC[C@@H](CC(=O)N1CCn2cc(-c3ccc(F)cc3)nc2C1)Cc1ccc(F)c(F)c1. The fourth-order valence-corrected chi connectivity index (χ4v) is 3.84. The van der Waals surface area contributed by atoms with E-state index in [9.17, 15) is 18.0 Å². The first-order valence-electron chi connectivity index (χ1n) is 10.2. The van der Waals surface area contributed by atoms with Gasteiger partial charge in [0.05, 0.1) is 12.2 Å². The third kappa shape index (κ3) is 4.80. The number of hydrogen-bond donors (Lipinski definition) is 1. The summed E-state index contributed by atoms with van der Waals surface area (Å²) in [6.07, 6.45) is 2.54. The smallest absolute Gasteiger partial charge is 0.223 e. The Bertz CT molecular complexity index is 1080. The number of benzene rings is 2. The average Bonchev–Trinajstić information content (AvgIpc) is 3.19. The minimum atomic E-state index is -0.903. The highest BCUT2D eigenvalue weighted by Crippen LogP contribution is 2.23. The van der Waals surface area contributed by atoms with Crippen molar-refractivity contribution in [1.82, 2.24) is 14.5 Å². The zero-order chi connectivity index (χ0) is 22.0. The Kier molecular flexibility index (Phi) is 6.08. The molecule has 1 aliphatic heterocycles. The number of nitrogens with zero attached hydrogens (tertiary/aromatic N) is 3. The van der Waals surface area contributed by atoms with Gasteiger partial charge in [-0.05, 0) is 60.8 Å². The first-order valence-corrected chi connectivity index (χ1v) is 10.2. The number of hydrogen-bond acceptors (Lipinski definition) is 3. The van der Waals surface area contributed by atoms with Gasteiger partial charge in [0, 0.05) is 31.3 Å². The molecule has 1 aromatic heterocycles. The van der Waals surface area contributed by atoms with E-state index in [0.717, 1.165) is 29.2 Å². The summed E-state index contributed by atoms with van der Waals surface area (Å²) in [5.74, 6) is -1.55. The minimum absolute atomic E-state index is 0.0457. The molecule has 1 amide bonds. The Morgan fingerprint density at radius 1 is 1.06 bits per heavy atom. The molecular formula is C23H23F3N4O. The molecule has 0 bridgehead atoms. The van der Waals surface area contributed by atoms with Crippen LogP contribution in [0.15, 0.2) is 48.7 Å². The van der Waals surface area contributed by atoms with Crippen molar-refractivity contribution < 1.29 is 18.0 Å². The number of carbonyl (C=O) groups excluding carboxylic acids is 1. The van der Waals surface area contributed by atoms with Gasteiger partial charge in [-0.2, -0.15) is 0 Å². The highest BCUT2D eigenvalue weighted by Gasteiger charge is 2.25. The average molecular weight is 428 g/mol. The summed E-state index contributed by atoms with van der Waals surface area (Å²) in [4.78, 5) is 19.2. The van der Waals surface area contributed by atoms with E-state index in [1.807, 2.05) is 10.8 Å². The normalized spacial score (nSPS) is 14.4. The van der Waals surface area contributed by atoms with E-state index in [4.69, 9.17) is 5.73 Å². The second-order valence-corrected chi connectivity index (χ2v) is 7.82. The topological polar surface area (TPSA) is 64.2 Å². The summed E-state index contributed by atoms with van der Waals surface area (Å²) >= 11 is 0. The van der Waals surface area contributed by atoms with Gasteiger partial charge in [-0.15, -0.1) is 0 Å². The van der Waals surface area contributed by atoms with Gasteiger partial charge < -0.3 is 15.2 Å². The lowest BCUT2D eigenvalue weighted by atomic mass is 9.95. The summed E-state index contributed by atoms with van der Waals surface area (Å²) < 4.78 is 41.8. The fraction of sp³-hybridized carbons (Fsp3) is 0.304. The van der Waals surface area contributed by atoms with Crippen LogP contribution in [0, 0.1) is 23.4 Å². The Morgan fingerprint density at radius 3 is 2.55 bits per heavy atom. The van der Waals surface area contributed by atoms with Crippen molar-refractivity contribution in [3.63, 3.8) is 0 Å². The van der Waals surface area contributed by atoms with Crippen LogP contribution in [0.1, 0.15) is 17.8 Å². The Labute approximate surface area is 178 Å². The molecule has 31 heavy (non-hydrogen) atoms. The molecule has 4 rings (SSSR count). The van der Waals surface area contributed by atoms with E-state index in [2.05, 4.69) is 4.98 Å². The molecule has 0 unspecified atom stereocenters. The van der Waals surface area contributed by atoms with E-state index in [0.29, 0.717) is 31.6 Å². The molecular weight excluding hydrogens is 405 g/mol. The number of amides is 1. The van der Waals surface area contributed by atoms with Gasteiger partial charge in [0.15, 0.2) is 11.6 Å². The lowest BCUT2D eigenvalue weighted by molar-refractivity contribution is -0.133. The molecule has 0 saturated heterocycles. The Balaban J connectivity index is 1.40. The van der Waals surface area contributed by atoms with E-state index < -0.39 is 11.6 Å². The largest absolute Gasteiger partial charge is 0.333 e. The molecule has 2 N–H and O–H groups in total. The number of imidazole rings is 1. The Hall–Kier alpha value is -3.13. The Morgan fingerprint density at radius 2 is 1.84 bits per heavy atom. The molecule has 2 heterocycles. The van der Waals surface area contributed by atoms with E-state index in [-0.39, 0.29) is 30.6 Å².